The van der Waals surface area contributed by atoms with Gasteiger partial charge in [-0.05, 0) is 12.1 Å². The van der Waals surface area contributed by atoms with Crippen LogP contribution < -0.4 is 10.0 Å². The van der Waals surface area contributed by atoms with Crippen LogP contribution in [0.5, 0.6) is 0 Å². The molecule has 0 spiro atoms. The Morgan fingerprint density at radius 2 is 2.05 bits per heavy atom. The van der Waals surface area contributed by atoms with Crippen molar-refractivity contribution in [1.82, 2.24) is 10.0 Å². The summed E-state index contributed by atoms with van der Waals surface area (Å²) < 4.78 is 26.6. The van der Waals surface area contributed by atoms with Gasteiger partial charge < -0.3 is 5.32 Å². The van der Waals surface area contributed by atoms with E-state index in [1.54, 1.807) is 0 Å². The zero-order valence-corrected chi connectivity index (χ0v) is 12.8. The first kappa shape index (κ1) is 16.5. The van der Waals surface area contributed by atoms with Crippen molar-refractivity contribution in [2.45, 2.75) is 11.8 Å². The molecule has 2 N–H and O–H groups in total. The van der Waals surface area contributed by atoms with Crippen LogP contribution in [0.3, 0.4) is 0 Å². The second kappa shape index (κ2) is 6.77. The molecule has 1 amide bonds. The van der Waals surface area contributed by atoms with Gasteiger partial charge in [0.2, 0.25) is 15.9 Å². The van der Waals surface area contributed by atoms with E-state index < -0.39 is 25.5 Å². The van der Waals surface area contributed by atoms with Crippen LogP contribution in [0.25, 0.3) is 0 Å². The number of nitrogens with one attached hydrogen (secondary N) is 2. The van der Waals surface area contributed by atoms with Crippen LogP contribution in [0, 0.1) is 10.1 Å². The van der Waals surface area contributed by atoms with Crippen molar-refractivity contribution in [2.75, 3.05) is 13.1 Å². The average molecular weight is 366 g/mol. The summed E-state index contributed by atoms with van der Waals surface area (Å²) in [4.78, 5) is 20.3. The molecule has 110 valence electrons. The number of nitrogens with zero attached hydrogens (tertiary/aromatic N) is 1. The van der Waals surface area contributed by atoms with Gasteiger partial charge in [0.05, 0.1) is 4.92 Å². The molecular weight excluding hydrogens is 354 g/mol. The Morgan fingerprint density at radius 3 is 2.60 bits per heavy atom. The lowest BCUT2D eigenvalue weighted by Crippen LogP contribution is -2.33. The smallest absolute Gasteiger partial charge is 0.289 e. The van der Waals surface area contributed by atoms with Crippen molar-refractivity contribution in [2.24, 2.45) is 0 Å². The number of carbonyl (C=O) groups is 1. The molecule has 0 bridgehead atoms. The van der Waals surface area contributed by atoms with Gasteiger partial charge in [-0.1, -0.05) is 15.9 Å². The minimum Gasteiger partial charge on any atom is -0.355 e. The minimum atomic E-state index is -4.03. The predicted molar refractivity (Wildman–Crippen MR) is 74.7 cm³/mol. The molecule has 0 unspecified atom stereocenters. The Hall–Kier alpha value is -1.52. The second-order valence-electron chi connectivity index (χ2n) is 3.75. The SMILES string of the molecule is CC(=O)NCCNS(=O)(=O)c1cc(Br)ccc1[N+](=O)[O-]. The molecule has 1 aromatic carbocycles. The standard InChI is InChI=1S/C10H12BrN3O5S/c1-7(15)12-4-5-13-20(18,19)10-6-8(11)2-3-9(10)14(16)17/h2-3,6,13H,4-5H2,1H3,(H,12,15). The number of hydrogen-bond acceptors (Lipinski definition) is 5. The van der Waals surface area contributed by atoms with E-state index >= 15 is 0 Å². The highest BCUT2D eigenvalue weighted by atomic mass is 79.9. The largest absolute Gasteiger partial charge is 0.355 e. The van der Waals surface area contributed by atoms with E-state index in [1.807, 2.05) is 0 Å². The number of hydrogen-bond donors (Lipinski definition) is 2. The van der Waals surface area contributed by atoms with Crippen LogP contribution in [-0.2, 0) is 14.8 Å². The van der Waals surface area contributed by atoms with E-state index in [1.165, 1.54) is 13.0 Å². The van der Waals surface area contributed by atoms with Crippen LogP contribution >= 0.6 is 15.9 Å². The van der Waals surface area contributed by atoms with Gasteiger partial charge in [0.25, 0.3) is 5.69 Å². The van der Waals surface area contributed by atoms with Crippen molar-refractivity contribution in [1.29, 1.82) is 0 Å². The predicted octanol–water partition coefficient (Wildman–Crippen LogP) is 0.772. The summed E-state index contributed by atoms with van der Waals surface area (Å²) >= 11 is 3.07. The lowest BCUT2D eigenvalue weighted by atomic mass is 10.3. The number of carbonyl (C=O) groups excluding carboxylic acids is 1. The Morgan fingerprint density at radius 1 is 1.40 bits per heavy atom. The highest BCUT2D eigenvalue weighted by Crippen LogP contribution is 2.26. The molecule has 20 heavy (non-hydrogen) atoms. The monoisotopic (exact) mass is 365 g/mol. The quantitative estimate of drug-likeness (QED) is 0.438. The summed E-state index contributed by atoms with van der Waals surface area (Å²) in [6.45, 7) is 1.33. The fraction of sp³-hybridized carbons (Fsp3) is 0.300. The zero-order valence-electron chi connectivity index (χ0n) is 10.4. The Kier molecular flexibility index (Phi) is 5.60. The third kappa shape index (κ3) is 4.54. The molecular formula is C10H12BrN3O5S. The topological polar surface area (TPSA) is 118 Å². The molecule has 10 heteroatoms. The first-order valence-electron chi connectivity index (χ1n) is 5.42. The molecule has 0 atom stereocenters. The van der Waals surface area contributed by atoms with E-state index in [0.717, 1.165) is 12.1 Å². The summed E-state index contributed by atoms with van der Waals surface area (Å²) in [7, 11) is -4.03. The third-order valence-corrected chi connectivity index (χ3v) is 4.18. The number of amides is 1. The van der Waals surface area contributed by atoms with Crippen molar-refractivity contribution >= 4 is 37.5 Å². The first-order chi connectivity index (χ1) is 9.24. The number of nitro benzene ring substituents is 1. The van der Waals surface area contributed by atoms with Gasteiger partial charge in [-0.3, -0.25) is 14.9 Å². The molecule has 0 heterocycles. The average Bonchev–Trinajstić information content (AvgIpc) is 2.34. The van der Waals surface area contributed by atoms with Crippen LogP contribution in [0.4, 0.5) is 5.69 Å². The Balaban J connectivity index is 2.94. The van der Waals surface area contributed by atoms with Crippen LogP contribution in [-0.4, -0.2) is 32.3 Å². The molecule has 0 aliphatic heterocycles. The van der Waals surface area contributed by atoms with Gasteiger partial charge in [-0.2, -0.15) is 0 Å². The summed E-state index contributed by atoms with van der Waals surface area (Å²) in [5.41, 5.74) is -0.514. The summed E-state index contributed by atoms with van der Waals surface area (Å²) in [6.07, 6.45) is 0. The van der Waals surface area contributed by atoms with Crippen molar-refractivity contribution in [3.05, 3.63) is 32.8 Å². The van der Waals surface area contributed by atoms with Crippen LogP contribution in [0.1, 0.15) is 6.92 Å². The van der Waals surface area contributed by atoms with Gasteiger partial charge >= 0.3 is 0 Å². The number of nitro groups is 1. The van der Waals surface area contributed by atoms with Gasteiger partial charge in [0, 0.05) is 30.6 Å². The van der Waals surface area contributed by atoms with Crippen LogP contribution in [0.15, 0.2) is 27.6 Å². The lowest BCUT2D eigenvalue weighted by molar-refractivity contribution is -0.387. The Labute approximate surface area is 123 Å². The first-order valence-corrected chi connectivity index (χ1v) is 7.69. The number of rotatable bonds is 6. The Bertz CT molecular complexity index is 632. The van der Waals surface area contributed by atoms with Gasteiger partial charge in [0.1, 0.15) is 0 Å². The molecule has 1 aromatic rings. The molecule has 0 aliphatic carbocycles. The maximum absolute atomic E-state index is 12.0. The minimum absolute atomic E-state index is 0.0639. The fourth-order valence-electron chi connectivity index (χ4n) is 1.36. The number of benzene rings is 1. The van der Waals surface area contributed by atoms with E-state index in [2.05, 4.69) is 26.0 Å². The second-order valence-corrected chi connectivity index (χ2v) is 6.40. The zero-order chi connectivity index (χ0) is 15.3. The summed E-state index contributed by atoms with van der Waals surface area (Å²) in [5.74, 6) is -0.294. The van der Waals surface area contributed by atoms with Crippen molar-refractivity contribution < 1.29 is 18.1 Å². The van der Waals surface area contributed by atoms with Crippen LogP contribution in [0.2, 0.25) is 0 Å². The molecule has 8 nitrogen and oxygen atoms in total. The molecule has 0 aliphatic rings. The number of halogens is 1. The number of sulfonamides is 1. The summed E-state index contributed by atoms with van der Waals surface area (Å²) in [5, 5.41) is 13.2. The van der Waals surface area contributed by atoms with E-state index in [-0.39, 0.29) is 19.0 Å². The summed E-state index contributed by atoms with van der Waals surface area (Å²) in [6, 6.07) is 3.64. The fourth-order valence-corrected chi connectivity index (χ4v) is 3.09. The normalized spacial score (nSPS) is 11.1. The molecule has 0 saturated carbocycles. The van der Waals surface area contributed by atoms with Gasteiger partial charge in [0.15, 0.2) is 4.90 Å². The maximum atomic E-state index is 12.0. The van der Waals surface area contributed by atoms with E-state index in [0.29, 0.717) is 4.47 Å². The van der Waals surface area contributed by atoms with E-state index in [9.17, 15) is 23.3 Å². The molecule has 0 fully saturated rings. The molecule has 0 saturated heterocycles. The highest BCUT2D eigenvalue weighted by molar-refractivity contribution is 9.10. The van der Waals surface area contributed by atoms with Crippen molar-refractivity contribution in [3.63, 3.8) is 0 Å². The highest BCUT2D eigenvalue weighted by Gasteiger charge is 2.25. The van der Waals surface area contributed by atoms with Gasteiger partial charge in [-0.15, -0.1) is 0 Å². The van der Waals surface area contributed by atoms with Gasteiger partial charge in [-0.25, -0.2) is 13.1 Å². The lowest BCUT2D eigenvalue weighted by Gasteiger charge is -2.08. The molecule has 0 radical (unpaired) electrons. The maximum Gasteiger partial charge on any atom is 0.289 e. The molecule has 1 rings (SSSR count). The van der Waals surface area contributed by atoms with E-state index in [4.69, 9.17) is 0 Å². The third-order valence-electron chi connectivity index (χ3n) is 2.20. The molecule has 0 aromatic heterocycles. The van der Waals surface area contributed by atoms with Crippen molar-refractivity contribution in [3.8, 4) is 0 Å².